The topological polar surface area (TPSA) is 96.6 Å². The van der Waals surface area contributed by atoms with Gasteiger partial charge in [-0.1, -0.05) is 20.8 Å². The molecule has 1 aromatic rings. The number of hydrazone groups is 1. The molecule has 7 nitrogen and oxygen atoms in total. The number of amides is 1. The number of anilines is 1. The maximum absolute atomic E-state index is 12.5. The molecule has 3 aliphatic rings. The van der Waals surface area contributed by atoms with E-state index in [1.54, 1.807) is 12.1 Å². The summed E-state index contributed by atoms with van der Waals surface area (Å²) in [5.74, 6) is 0.194. The first kappa shape index (κ1) is 17.9. The van der Waals surface area contributed by atoms with Gasteiger partial charge in [-0.2, -0.15) is 5.10 Å². The maximum Gasteiger partial charge on any atom is 0.293 e. The molecular weight excluding hydrogens is 344 g/mol. The molecule has 2 atom stereocenters. The van der Waals surface area contributed by atoms with Gasteiger partial charge >= 0.3 is 0 Å². The van der Waals surface area contributed by atoms with Gasteiger partial charge in [0, 0.05) is 28.8 Å². The predicted octanol–water partition coefficient (Wildman–Crippen LogP) is 4.10. The van der Waals surface area contributed by atoms with Crippen molar-refractivity contribution in [3.05, 3.63) is 33.9 Å². The van der Waals surface area contributed by atoms with Crippen molar-refractivity contribution in [3.8, 4) is 0 Å². The first-order chi connectivity index (χ1) is 12.7. The Bertz CT molecular complexity index is 844. The van der Waals surface area contributed by atoms with Gasteiger partial charge < -0.3 is 5.32 Å². The van der Waals surface area contributed by atoms with Gasteiger partial charge in [0.05, 0.1) is 4.92 Å². The third-order valence-corrected chi connectivity index (χ3v) is 7.20. The quantitative estimate of drug-likeness (QED) is 0.602. The van der Waals surface area contributed by atoms with Crippen LogP contribution in [0.25, 0.3) is 0 Å². The second kappa shape index (κ2) is 6.04. The number of benzene rings is 1. The van der Waals surface area contributed by atoms with E-state index in [1.165, 1.54) is 12.5 Å². The molecule has 0 spiro atoms. The number of hydrogen-bond acceptors (Lipinski definition) is 5. The molecule has 27 heavy (non-hydrogen) atoms. The zero-order valence-electron chi connectivity index (χ0n) is 16.0. The number of nitrogens with zero attached hydrogens (tertiary/aromatic N) is 2. The van der Waals surface area contributed by atoms with Crippen LogP contribution >= 0.6 is 0 Å². The van der Waals surface area contributed by atoms with Gasteiger partial charge in [0.1, 0.15) is 5.69 Å². The fourth-order valence-electron chi connectivity index (χ4n) is 4.67. The average molecular weight is 370 g/mol. The van der Waals surface area contributed by atoms with Gasteiger partial charge in [-0.15, -0.1) is 0 Å². The van der Waals surface area contributed by atoms with E-state index >= 15 is 0 Å². The SMILES string of the molecule is CC1(C)[C@@H]2CC[C@]1(C)/C(=N/NC(=O)c1ccc(NC3CC3)c([N+](=O)[O-])c1)C2. The smallest absolute Gasteiger partial charge is 0.293 e. The molecule has 0 unspecified atom stereocenters. The van der Waals surface area contributed by atoms with Crippen molar-refractivity contribution in [2.24, 2.45) is 21.8 Å². The highest BCUT2D eigenvalue weighted by atomic mass is 16.6. The molecule has 0 radical (unpaired) electrons. The van der Waals surface area contributed by atoms with E-state index < -0.39 is 10.8 Å². The van der Waals surface area contributed by atoms with Crippen LogP contribution in [0.3, 0.4) is 0 Å². The fourth-order valence-corrected chi connectivity index (χ4v) is 4.67. The van der Waals surface area contributed by atoms with Crippen LogP contribution in [0, 0.1) is 26.9 Å². The van der Waals surface area contributed by atoms with Crippen LogP contribution < -0.4 is 10.7 Å². The van der Waals surface area contributed by atoms with E-state index in [1.807, 2.05) is 0 Å². The molecule has 2 N–H and O–H groups in total. The number of fused-ring (bicyclic) bond motifs is 2. The Kier molecular flexibility index (Phi) is 4.01. The van der Waals surface area contributed by atoms with Gasteiger partial charge in [-0.3, -0.25) is 14.9 Å². The number of rotatable bonds is 5. The molecule has 3 fully saturated rings. The van der Waals surface area contributed by atoms with E-state index in [4.69, 9.17) is 0 Å². The molecule has 4 rings (SSSR count). The van der Waals surface area contributed by atoms with Crippen LogP contribution in [0.5, 0.6) is 0 Å². The van der Waals surface area contributed by atoms with Crippen LogP contribution in [-0.4, -0.2) is 22.6 Å². The predicted molar refractivity (Wildman–Crippen MR) is 104 cm³/mol. The van der Waals surface area contributed by atoms with Gasteiger partial charge in [0.15, 0.2) is 0 Å². The number of carbonyl (C=O) groups excluding carboxylic acids is 1. The number of nitro benzene ring substituents is 1. The minimum Gasteiger partial charge on any atom is -0.377 e. The van der Waals surface area contributed by atoms with Crippen molar-refractivity contribution in [2.75, 3.05) is 5.32 Å². The Hall–Kier alpha value is -2.44. The zero-order valence-corrected chi connectivity index (χ0v) is 16.0. The van der Waals surface area contributed by atoms with Gasteiger partial charge in [-0.05, 0) is 55.6 Å². The summed E-state index contributed by atoms with van der Waals surface area (Å²) in [7, 11) is 0. The summed E-state index contributed by atoms with van der Waals surface area (Å²) in [5.41, 5.74) is 4.51. The van der Waals surface area contributed by atoms with E-state index in [0.29, 0.717) is 17.6 Å². The molecule has 1 aromatic carbocycles. The summed E-state index contributed by atoms with van der Waals surface area (Å²) in [6.45, 7) is 6.79. The molecule has 0 saturated heterocycles. The minimum atomic E-state index is -0.452. The summed E-state index contributed by atoms with van der Waals surface area (Å²) >= 11 is 0. The van der Waals surface area contributed by atoms with Gasteiger partial charge in [0.25, 0.3) is 11.6 Å². The van der Waals surface area contributed by atoms with Crippen LogP contribution in [0.4, 0.5) is 11.4 Å². The van der Waals surface area contributed by atoms with Crippen molar-refractivity contribution in [2.45, 2.75) is 58.9 Å². The maximum atomic E-state index is 12.5. The number of hydrogen-bond donors (Lipinski definition) is 2. The van der Waals surface area contributed by atoms with Crippen molar-refractivity contribution >= 4 is 23.0 Å². The Labute approximate surface area is 158 Å². The second-order valence-electron chi connectivity index (χ2n) is 8.90. The molecule has 0 aromatic heterocycles. The lowest BCUT2D eigenvalue weighted by atomic mass is 9.70. The van der Waals surface area contributed by atoms with Crippen LogP contribution in [0.1, 0.15) is 63.2 Å². The lowest BCUT2D eigenvalue weighted by molar-refractivity contribution is -0.384. The minimum absolute atomic E-state index is 0.00891. The summed E-state index contributed by atoms with van der Waals surface area (Å²) in [5, 5.41) is 18.9. The highest BCUT2D eigenvalue weighted by molar-refractivity contribution is 5.99. The largest absolute Gasteiger partial charge is 0.377 e. The summed E-state index contributed by atoms with van der Waals surface area (Å²) in [6.07, 6.45) is 5.25. The van der Waals surface area contributed by atoms with E-state index in [2.05, 4.69) is 36.6 Å². The van der Waals surface area contributed by atoms with E-state index in [0.717, 1.165) is 31.4 Å². The third-order valence-electron chi connectivity index (χ3n) is 7.20. The number of nitrogens with one attached hydrogen (secondary N) is 2. The molecule has 7 heteroatoms. The first-order valence-electron chi connectivity index (χ1n) is 9.65. The molecule has 144 valence electrons. The lowest BCUT2D eigenvalue weighted by Crippen LogP contribution is -2.34. The molecule has 0 aliphatic heterocycles. The standard InChI is InChI=1S/C20H26N4O3/c1-19(2)13-8-9-20(19,3)17(11-13)22-23-18(25)12-4-7-15(21-14-5-6-14)16(10-12)24(26)27/h4,7,10,13-14,21H,5-6,8-9,11H2,1-3H3,(H,23,25)/b22-17+/t13-,20-/m1/s1. The molecule has 3 saturated carbocycles. The molecular formula is C20H26N4O3. The zero-order chi connectivity index (χ0) is 19.4. The Morgan fingerprint density at radius 1 is 1.26 bits per heavy atom. The highest BCUT2D eigenvalue weighted by Crippen LogP contribution is 2.63. The molecule has 3 aliphatic carbocycles. The van der Waals surface area contributed by atoms with Crippen LogP contribution in [0.2, 0.25) is 0 Å². The normalized spacial score (nSPS) is 29.7. The van der Waals surface area contributed by atoms with Crippen molar-refractivity contribution < 1.29 is 9.72 Å². The number of nitro groups is 1. The van der Waals surface area contributed by atoms with Crippen LogP contribution in [0.15, 0.2) is 23.3 Å². The van der Waals surface area contributed by atoms with Crippen LogP contribution in [-0.2, 0) is 0 Å². The van der Waals surface area contributed by atoms with Crippen molar-refractivity contribution in [3.63, 3.8) is 0 Å². The monoisotopic (exact) mass is 370 g/mol. The third kappa shape index (κ3) is 2.89. The molecule has 2 bridgehead atoms. The van der Waals surface area contributed by atoms with Gasteiger partial charge in [0.2, 0.25) is 0 Å². The Balaban J connectivity index is 1.52. The summed E-state index contributed by atoms with van der Waals surface area (Å²) in [6, 6.07) is 4.85. The second-order valence-corrected chi connectivity index (χ2v) is 8.90. The highest BCUT2D eigenvalue weighted by Gasteiger charge is 2.60. The molecule has 1 amide bonds. The van der Waals surface area contributed by atoms with Crippen molar-refractivity contribution in [1.29, 1.82) is 0 Å². The average Bonchev–Trinajstić information content (AvgIpc) is 3.38. The fraction of sp³-hybridized carbons (Fsp3) is 0.600. The van der Waals surface area contributed by atoms with E-state index in [-0.39, 0.29) is 22.1 Å². The lowest BCUT2D eigenvalue weighted by Gasteiger charge is -2.34. The van der Waals surface area contributed by atoms with Crippen molar-refractivity contribution in [1.82, 2.24) is 5.43 Å². The van der Waals surface area contributed by atoms with E-state index in [9.17, 15) is 14.9 Å². The van der Waals surface area contributed by atoms with Gasteiger partial charge in [-0.25, -0.2) is 5.43 Å². The Morgan fingerprint density at radius 3 is 2.56 bits per heavy atom. The summed E-state index contributed by atoms with van der Waals surface area (Å²) < 4.78 is 0. The molecule has 0 heterocycles. The summed E-state index contributed by atoms with van der Waals surface area (Å²) in [4.78, 5) is 23.5. The first-order valence-corrected chi connectivity index (χ1v) is 9.65. The number of carbonyl (C=O) groups is 1. The Morgan fingerprint density at radius 2 is 2.00 bits per heavy atom.